The van der Waals surface area contributed by atoms with Crippen molar-refractivity contribution in [3.05, 3.63) is 52.8 Å². The van der Waals surface area contributed by atoms with Crippen LogP contribution in [0.1, 0.15) is 18.5 Å². The first-order chi connectivity index (χ1) is 9.16. The molecular formula is C14H13BrN4. The van der Waals surface area contributed by atoms with Gasteiger partial charge in [0.25, 0.3) is 0 Å². The summed E-state index contributed by atoms with van der Waals surface area (Å²) in [5, 5.41) is 0. The largest absolute Gasteiger partial charge is 0.369 e. The standard InChI is InChI=1S/C14H13BrN4/c1-9(10-2-4-11(15)5-3-10)19-13-6-7-17-8-12(13)18-14(19)16/h2-9H,1H3,(H2,16,18). The van der Waals surface area contributed by atoms with Gasteiger partial charge in [-0.2, -0.15) is 0 Å². The highest BCUT2D eigenvalue weighted by molar-refractivity contribution is 9.10. The number of imidazole rings is 1. The van der Waals surface area contributed by atoms with Crippen LogP contribution in [0.5, 0.6) is 0 Å². The maximum Gasteiger partial charge on any atom is 0.201 e. The van der Waals surface area contributed by atoms with Crippen molar-refractivity contribution in [1.82, 2.24) is 14.5 Å². The molecule has 0 saturated carbocycles. The van der Waals surface area contributed by atoms with Crippen LogP contribution in [0.15, 0.2) is 47.2 Å². The van der Waals surface area contributed by atoms with E-state index < -0.39 is 0 Å². The third-order valence-corrected chi connectivity index (χ3v) is 3.79. The molecule has 3 aromatic rings. The summed E-state index contributed by atoms with van der Waals surface area (Å²) in [5.74, 6) is 0.512. The zero-order valence-corrected chi connectivity index (χ0v) is 12.0. The van der Waals surface area contributed by atoms with Gasteiger partial charge in [-0.05, 0) is 30.7 Å². The number of hydrogen-bond acceptors (Lipinski definition) is 3. The molecule has 0 aliphatic carbocycles. The van der Waals surface area contributed by atoms with Crippen LogP contribution in [0.4, 0.5) is 5.95 Å². The molecule has 1 aromatic carbocycles. The highest BCUT2D eigenvalue weighted by Crippen LogP contribution is 2.27. The van der Waals surface area contributed by atoms with E-state index in [9.17, 15) is 0 Å². The summed E-state index contributed by atoms with van der Waals surface area (Å²) < 4.78 is 3.09. The first-order valence-electron chi connectivity index (χ1n) is 5.99. The van der Waals surface area contributed by atoms with Crippen molar-refractivity contribution in [2.24, 2.45) is 0 Å². The van der Waals surface area contributed by atoms with E-state index in [1.54, 1.807) is 12.4 Å². The maximum absolute atomic E-state index is 6.04. The quantitative estimate of drug-likeness (QED) is 0.788. The van der Waals surface area contributed by atoms with Gasteiger partial charge in [0, 0.05) is 10.7 Å². The third kappa shape index (κ3) is 2.10. The number of fused-ring (bicyclic) bond motifs is 1. The molecule has 0 spiro atoms. The predicted octanol–water partition coefficient (Wildman–Crippen LogP) is 3.39. The Morgan fingerprint density at radius 1 is 1.21 bits per heavy atom. The molecule has 0 radical (unpaired) electrons. The lowest BCUT2D eigenvalue weighted by Gasteiger charge is -2.16. The van der Waals surface area contributed by atoms with Gasteiger partial charge in [0.05, 0.1) is 17.8 Å². The molecule has 4 nitrogen and oxygen atoms in total. The van der Waals surface area contributed by atoms with Crippen LogP contribution in [0.2, 0.25) is 0 Å². The van der Waals surface area contributed by atoms with E-state index in [2.05, 4.69) is 45.0 Å². The Hall–Kier alpha value is -1.88. The Kier molecular flexibility index (Phi) is 2.98. The number of nitrogens with two attached hydrogens (primary N) is 1. The lowest BCUT2D eigenvalue weighted by Crippen LogP contribution is -2.10. The summed E-state index contributed by atoms with van der Waals surface area (Å²) in [5.41, 5.74) is 9.05. The summed E-state index contributed by atoms with van der Waals surface area (Å²) in [6.45, 7) is 2.11. The third-order valence-electron chi connectivity index (χ3n) is 3.26. The van der Waals surface area contributed by atoms with Gasteiger partial charge in [0.2, 0.25) is 5.95 Å². The van der Waals surface area contributed by atoms with Crippen molar-refractivity contribution in [2.45, 2.75) is 13.0 Å². The Balaban J connectivity index is 2.13. The van der Waals surface area contributed by atoms with Gasteiger partial charge in [0.15, 0.2) is 0 Å². The molecule has 0 fully saturated rings. The molecule has 19 heavy (non-hydrogen) atoms. The molecular weight excluding hydrogens is 304 g/mol. The van der Waals surface area contributed by atoms with E-state index in [1.165, 1.54) is 5.56 Å². The fraction of sp³-hybridized carbons (Fsp3) is 0.143. The van der Waals surface area contributed by atoms with E-state index in [4.69, 9.17) is 5.73 Å². The maximum atomic E-state index is 6.04. The number of hydrogen-bond donors (Lipinski definition) is 1. The van der Waals surface area contributed by atoms with Gasteiger partial charge in [-0.1, -0.05) is 28.1 Å². The highest BCUT2D eigenvalue weighted by atomic mass is 79.9. The molecule has 3 rings (SSSR count). The topological polar surface area (TPSA) is 56.7 Å². The van der Waals surface area contributed by atoms with E-state index in [0.29, 0.717) is 5.95 Å². The number of aromatic nitrogens is 3. The van der Waals surface area contributed by atoms with E-state index in [0.717, 1.165) is 15.5 Å². The molecule has 0 aliphatic rings. The normalized spacial score (nSPS) is 12.7. The second-order valence-electron chi connectivity index (χ2n) is 4.43. The zero-order chi connectivity index (χ0) is 13.4. The first kappa shape index (κ1) is 12.2. The minimum atomic E-state index is 0.125. The molecule has 2 aromatic heterocycles. The minimum Gasteiger partial charge on any atom is -0.369 e. The van der Waals surface area contributed by atoms with Crippen LogP contribution < -0.4 is 5.73 Å². The highest BCUT2D eigenvalue weighted by Gasteiger charge is 2.15. The Morgan fingerprint density at radius 2 is 1.95 bits per heavy atom. The van der Waals surface area contributed by atoms with Gasteiger partial charge in [-0.25, -0.2) is 4.98 Å². The molecule has 1 atom stereocenters. The summed E-state index contributed by atoms with van der Waals surface area (Å²) in [6, 6.07) is 10.3. The Bertz CT molecular complexity index is 718. The van der Waals surface area contributed by atoms with E-state index in [-0.39, 0.29) is 6.04 Å². The molecule has 96 valence electrons. The average molecular weight is 317 g/mol. The Morgan fingerprint density at radius 3 is 2.68 bits per heavy atom. The van der Waals surface area contributed by atoms with Crippen molar-refractivity contribution in [3.63, 3.8) is 0 Å². The summed E-state index contributed by atoms with van der Waals surface area (Å²) in [6.07, 6.45) is 3.49. The Labute approximate surface area is 119 Å². The number of rotatable bonds is 2. The number of halogens is 1. The monoisotopic (exact) mass is 316 g/mol. The van der Waals surface area contributed by atoms with Crippen LogP contribution in [-0.4, -0.2) is 14.5 Å². The number of pyridine rings is 1. The van der Waals surface area contributed by atoms with Gasteiger partial charge >= 0.3 is 0 Å². The van der Waals surface area contributed by atoms with Gasteiger partial charge in [0.1, 0.15) is 5.52 Å². The summed E-state index contributed by atoms with van der Waals surface area (Å²) in [7, 11) is 0. The van der Waals surface area contributed by atoms with Gasteiger partial charge < -0.3 is 10.3 Å². The minimum absolute atomic E-state index is 0.125. The average Bonchev–Trinajstić information content (AvgIpc) is 2.74. The van der Waals surface area contributed by atoms with Crippen LogP contribution in [-0.2, 0) is 0 Å². The number of nitrogens with zero attached hydrogens (tertiary/aromatic N) is 3. The van der Waals surface area contributed by atoms with Crippen LogP contribution in [0.25, 0.3) is 11.0 Å². The fourth-order valence-electron chi connectivity index (χ4n) is 2.27. The fourth-order valence-corrected chi connectivity index (χ4v) is 2.53. The lowest BCUT2D eigenvalue weighted by atomic mass is 10.1. The van der Waals surface area contributed by atoms with Crippen molar-refractivity contribution in [2.75, 3.05) is 5.73 Å². The van der Waals surface area contributed by atoms with Gasteiger partial charge in [-0.15, -0.1) is 0 Å². The molecule has 2 heterocycles. The number of benzene rings is 1. The van der Waals surface area contributed by atoms with E-state index in [1.807, 2.05) is 22.8 Å². The molecule has 5 heteroatoms. The predicted molar refractivity (Wildman–Crippen MR) is 79.9 cm³/mol. The van der Waals surface area contributed by atoms with Crippen LogP contribution >= 0.6 is 15.9 Å². The van der Waals surface area contributed by atoms with Crippen molar-refractivity contribution < 1.29 is 0 Å². The molecule has 0 amide bonds. The van der Waals surface area contributed by atoms with Crippen molar-refractivity contribution in [1.29, 1.82) is 0 Å². The zero-order valence-electron chi connectivity index (χ0n) is 10.4. The smallest absolute Gasteiger partial charge is 0.201 e. The molecule has 2 N–H and O–H groups in total. The van der Waals surface area contributed by atoms with E-state index >= 15 is 0 Å². The van der Waals surface area contributed by atoms with Crippen LogP contribution in [0, 0.1) is 0 Å². The van der Waals surface area contributed by atoms with Crippen LogP contribution in [0.3, 0.4) is 0 Å². The summed E-state index contributed by atoms with van der Waals surface area (Å²) in [4.78, 5) is 8.42. The SMILES string of the molecule is CC(c1ccc(Br)cc1)n1c(N)nc2cnccc21. The molecule has 1 unspecified atom stereocenters. The molecule has 0 saturated heterocycles. The molecule has 0 aliphatic heterocycles. The molecule has 0 bridgehead atoms. The van der Waals surface area contributed by atoms with Gasteiger partial charge in [-0.3, -0.25) is 4.98 Å². The second-order valence-corrected chi connectivity index (χ2v) is 5.35. The lowest BCUT2D eigenvalue weighted by molar-refractivity contribution is 0.667. The van der Waals surface area contributed by atoms with Crippen molar-refractivity contribution >= 4 is 32.9 Å². The summed E-state index contributed by atoms with van der Waals surface area (Å²) >= 11 is 3.45. The first-order valence-corrected chi connectivity index (χ1v) is 6.79. The number of anilines is 1. The number of nitrogen functional groups attached to an aromatic ring is 1. The second kappa shape index (κ2) is 4.66. The van der Waals surface area contributed by atoms with Crippen molar-refractivity contribution in [3.8, 4) is 0 Å².